The lowest BCUT2D eigenvalue weighted by atomic mass is 10.2. The van der Waals surface area contributed by atoms with Gasteiger partial charge in [0, 0.05) is 23.5 Å². The van der Waals surface area contributed by atoms with Crippen LogP contribution in [0.3, 0.4) is 0 Å². The molecule has 0 saturated carbocycles. The Balaban J connectivity index is 1.92. The van der Waals surface area contributed by atoms with Gasteiger partial charge in [0.25, 0.3) is 0 Å². The van der Waals surface area contributed by atoms with Crippen molar-refractivity contribution in [2.45, 2.75) is 33.2 Å². The van der Waals surface area contributed by atoms with Crippen LogP contribution >= 0.6 is 11.3 Å². The fraction of sp³-hybridized carbons (Fsp3) is 0.467. The third-order valence-electron chi connectivity index (χ3n) is 3.15. The maximum Gasteiger partial charge on any atom is 0.227 e. The molecule has 5 nitrogen and oxygen atoms in total. The van der Waals surface area contributed by atoms with Crippen LogP contribution in [0.25, 0.3) is 11.5 Å². The summed E-state index contributed by atoms with van der Waals surface area (Å²) >= 11 is 1.59. The molecule has 21 heavy (non-hydrogen) atoms. The zero-order chi connectivity index (χ0) is 15.2. The fourth-order valence-electron chi connectivity index (χ4n) is 2.00. The van der Waals surface area contributed by atoms with E-state index in [1.807, 2.05) is 37.6 Å². The van der Waals surface area contributed by atoms with Gasteiger partial charge in [-0.1, -0.05) is 6.92 Å². The topological polar surface area (TPSA) is 67.2 Å². The normalized spacial score (nSPS) is 12.3. The molecule has 2 aromatic heterocycles. The van der Waals surface area contributed by atoms with E-state index in [1.165, 1.54) is 0 Å². The van der Waals surface area contributed by atoms with Gasteiger partial charge in [0.2, 0.25) is 11.8 Å². The summed E-state index contributed by atoms with van der Waals surface area (Å²) in [6.45, 7) is 7.43. The van der Waals surface area contributed by atoms with Crippen LogP contribution in [0.2, 0.25) is 0 Å². The largest absolute Gasteiger partial charge is 0.441 e. The lowest BCUT2D eigenvalue weighted by Gasteiger charge is -2.12. The van der Waals surface area contributed by atoms with Crippen LogP contribution in [0, 0.1) is 6.92 Å². The van der Waals surface area contributed by atoms with Crippen molar-refractivity contribution in [3.63, 3.8) is 0 Å². The number of aryl methyl sites for hydroxylation is 1. The molecular weight excluding hydrogens is 286 g/mol. The van der Waals surface area contributed by atoms with Gasteiger partial charge in [0.05, 0.1) is 12.1 Å². The Morgan fingerprint density at radius 1 is 1.52 bits per heavy atom. The van der Waals surface area contributed by atoms with E-state index in [0.29, 0.717) is 23.9 Å². The average Bonchev–Trinajstić information content (AvgIpc) is 3.07. The van der Waals surface area contributed by atoms with Crippen molar-refractivity contribution < 1.29 is 9.21 Å². The first-order valence-electron chi connectivity index (χ1n) is 7.09. The predicted molar refractivity (Wildman–Crippen MR) is 84.4 cm³/mol. The quantitative estimate of drug-likeness (QED) is 0.824. The first-order valence-corrected chi connectivity index (χ1v) is 8.03. The number of nitrogens with zero attached hydrogens (tertiary/aromatic N) is 1. The highest BCUT2D eigenvalue weighted by Gasteiger charge is 2.15. The van der Waals surface area contributed by atoms with Gasteiger partial charge >= 0.3 is 0 Å². The van der Waals surface area contributed by atoms with Gasteiger partial charge in [0.15, 0.2) is 0 Å². The van der Waals surface area contributed by atoms with Crippen LogP contribution in [-0.2, 0) is 11.2 Å². The van der Waals surface area contributed by atoms with Crippen LogP contribution in [0.1, 0.15) is 25.3 Å². The molecule has 2 heterocycles. The highest BCUT2D eigenvalue weighted by molar-refractivity contribution is 7.08. The van der Waals surface area contributed by atoms with Gasteiger partial charge in [0.1, 0.15) is 5.76 Å². The van der Waals surface area contributed by atoms with Crippen molar-refractivity contribution in [3.8, 4) is 11.5 Å². The van der Waals surface area contributed by atoms with Gasteiger partial charge in [-0.2, -0.15) is 11.3 Å². The second-order valence-corrected chi connectivity index (χ2v) is 5.75. The molecule has 114 valence electrons. The van der Waals surface area contributed by atoms with Gasteiger partial charge in [-0.15, -0.1) is 0 Å². The van der Waals surface area contributed by atoms with Crippen molar-refractivity contribution in [2.24, 2.45) is 0 Å². The van der Waals surface area contributed by atoms with E-state index in [2.05, 4.69) is 15.6 Å². The second kappa shape index (κ2) is 7.38. The van der Waals surface area contributed by atoms with Crippen LogP contribution in [-0.4, -0.2) is 30.0 Å². The van der Waals surface area contributed by atoms with E-state index in [0.717, 1.165) is 12.1 Å². The monoisotopic (exact) mass is 307 g/mol. The zero-order valence-electron chi connectivity index (χ0n) is 12.6. The van der Waals surface area contributed by atoms with E-state index in [-0.39, 0.29) is 18.4 Å². The molecule has 2 N–H and O–H groups in total. The van der Waals surface area contributed by atoms with Crippen molar-refractivity contribution >= 4 is 17.2 Å². The van der Waals surface area contributed by atoms with E-state index in [4.69, 9.17) is 4.42 Å². The maximum atomic E-state index is 12.0. The number of carbonyl (C=O) groups excluding carboxylic acids is 1. The van der Waals surface area contributed by atoms with Gasteiger partial charge in [-0.3, -0.25) is 4.79 Å². The number of amides is 1. The van der Waals surface area contributed by atoms with Gasteiger partial charge in [-0.25, -0.2) is 4.98 Å². The summed E-state index contributed by atoms with van der Waals surface area (Å²) in [5, 5.41) is 10.1. The van der Waals surface area contributed by atoms with Crippen LogP contribution in [0.5, 0.6) is 0 Å². The standard InChI is InChI=1S/C15H21N3O2S/c1-4-16-10(2)8-17-14(19)7-13-11(3)20-15(18-13)12-5-6-21-9-12/h5-6,9-10,16H,4,7-8H2,1-3H3,(H,17,19)/t10-/m1/s1. The molecule has 1 atom stereocenters. The number of hydrogen-bond donors (Lipinski definition) is 2. The van der Waals surface area contributed by atoms with Crippen LogP contribution in [0.4, 0.5) is 0 Å². The number of oxazole rings is 1. The minimum atomic E-state index is -0.0342. The number of rotatable bonds is 7. The molecule has 0 aliphatic rings. The Bertz CT molecular complexity index is 578. The zero-order valence-corrected chi connectivity index (χ0v) is 13.4. The number of carbonyl (C=O) groups is 1. The summed E-state index contributed by atoms with van der Waals surface area (Å²) in [6, 6.07) is 2.22. The SMILES string of the molecule is CCN[C@H](C)CNC(=O)Cc1nc(-c2ccsc2)oc1C. The molecule has 0 unspecified atom stereocenters. The molecule has 0 bridgehead atoms. The molecule has 0 saturated heterocycles. The van der Waals surface area contributed by atoms with Crippen molar-refractivity contribution in [3.05, 3.63) is 28.3 Å². The summed E-state index contributed by atoms with van der Waals surface area (Å²) in [5.41, 5.74) is 1.65. The highest BCUT2D eigenvalue weighted by atomic mass is 32.1. The smallest absolute Gasteiger partial charge is 0.227 e. The number of thiophene rings is 1. The number of hydrogen-bond acceptors (Lipinski definition) is 5. The van der Waals surface area contributed by atoms with E-state index >= 15 is 0 Å². The number of nitrogens with one attached hydrogen (secondary N) is 2. The third kappa shape index (κ3) is 4.41. The first kappa shape index (κ1) is 15.7. The van der Waals surface area contributed by atoms with E-state index in [1.54, 1.807) is 11.3 Å². The van der Waals surface area contributed by atoms with Crippen LogP contribution in [0.15, 0.2) is 21.2 Å². The summed E-state index contributed by atoms with van der Waals surface area (Å²) < 4.78 is 5.63. The summed E-state index contributed by atoms with van der Waals surface area (Å²) in [7, 11) is 0. The molecule has 0 spiro atoms. The summed E-state index contributed by atoms with van der Waals surface area (Å²) in [5.74, 6) is 1.25. The highest BCUT2D eigenvalue weighted by Crippen LogP contribution is 2.23. The summed E-state index contributed by atoms with van der Waals surface area (Å²) in [4.78, 5) is 16.4. The molecule has 0 aliphatic heterocycles. The van der Waals surface area contributed by atoms with Gasteiger partial charge in [-0.05, 0) is 31.8 Å². The van der Waals surface area contributed by atoms with Crippen molar-refractivity contribution in [1.82, 2.24) is 15.6 Å². The van der Waals surface area contributed by atoms with Crippen LogP contribution < -0.4 is 10.6 Å². The average molecular weight is 307 g/mol. The molecule has 2 aromatic rings. The molecular formula is C15H21N3O2S. The lowest BCUT2D eigenvalue weighted by molar-refractivity contribution is -0.120. The van der Waals surface area contributed by atoms with Crippen molar-refractivity contribution in [1.29, 1.82) is 0 Å². The minimum Gasteiger partial charge on any atom is -0.441 e. The Labute approximate surface area is 128 Å². The Morgan fingerprint density at radius 3 is 3.00 bits per heavy atom. The lowest BCUT2D eigenvalue weighted by Crippen LogP contribution is -2.39. The Kier molecular flexibility index (Phi) is 5.52. The molecule has 0 aliphatic carbocycles. The molecule has 0 radical (unpaired) electrons. The third-order valence-corrected chi connectivity index (χ3v) is 3.83. The Hall–Kier alpha value is -1.66. The first-order chi connectivity index (χ1) is 10.1. The maximum absolute atomic E-state index is 12.0. The van der Waals surface area contributed by atoms with E-state index < -0.39 is 0 Å². The molecule has 6 heteroatoms. The minimum absolute atomic E-state index is 0.0342. The summed E-state index contributed by atoms with van der Waals surface area (Å²) in [6.07, 6.45) is 0.248. The van der Waals surface area contributed by atoms with E-state index in [9.17, 15) is 4.79 Å². The fourth-order valence-corrected chi connectivity index (χ4v) is 2.63. The number of aromatic nitrogens is 1. The number of likely N-dealkylation sites (N-methyl/N-ethyl adjacent to an activating group) is 1. The predicted octanol–water partition coefficient (Wildman–Crippen LogP) is 2.37. The molecule has 1 amide bonds. The van der Waals surface area contributed by atoms with Crippen molar-refractivity contribution in [2.75, 3.05) is 13.1 Å². The Morgan fingerprint density at radius 2 is 2.33 bits per heavy atom. The molecule has 2 rings (SSSR count). The second-order valence-electron chi connectivity index (χ2n) is 4.97. The molecule has 0 aromatic carbocycles. The van der Waals surface area contributed by atoms with Gasteiger partial charge < -0.3 is 15.1 Å². The molecule has 0 fully saturated rings.